The largest absolute Gasteiger partial charge is 0.384 e. The third kappa shape index (κ3) is 3.95. The number of nitrogens with one attached hydrogen (secondary N) is 1. The Hall–Kier alpha value is -3.42. The summed E-state index contributed by atoms with van der Waals surface area (Å²) >= 11 is 1.10. The molecule has 28 heavy (non-hydrogen) atoms. The summed E-state index contributed by atoms with van der Waals surface area (Å²) < 4.78 is 4.22. The molecule has 2 heterocycles. The topological polar surface area (TPSA) is 88.0 Å². The van der Waals surface area contributed by atoms with Crippen molar-refractivity contribution in [2.24, 2.45) is 0 Å². The second-order valence-electron chi connectivity index (χ2n) is 6.03. The summed E-state index contributed by atoms with van der Waals surface area (Å²) in [7, 11) is 0. The maximum absolute atomic E-state index is 12.5. The molecule has 4 rings (SSSR count). The van der Waals surface area contributed by atoms with Gasteiger partial charge in [0.05, 0.1) is 0 Å². The third-order valence-electron chi connectivity index (χ3n) is 4.14. The molecular weight excluding hydrogens is 372 g/mol. The van der Waals surface area contributed by atoms with Crippen molar-refractivity contribution < 1.29 is 9.90 Å². The van der Waals surface area contributed by atoms with E-state index in [1.807, 2.05) is 48.5 Å². The van der Waals surface area contributed by atoms with Gasteiger partial charge in [-0.25, -0.2) is 0 Å². The number of hydrogen-bond donors (Lipinski definition) is 2. The number of rotatable bonds is 5. The van der Waals surface area contributed by atoms with Crippen molar-refractivity contribution in [3.8, 4) is 11.5 Å². The number of hydrogen-bond acceptors (Lipinski definition) is 6. The van der Waals surface area contributed by atoms with Gasteiger partial charge in [-0.05, 0) is 35.4 Å². The van der Waals surface area contributed by atoms with Crippen molar-refractivity contribution in [3.05, 3.63) is 95.7 Å². The first kappa shape index (κ1) is 18.0. The molecule has 0 saturated carbocycles. The van der Waals surface area contributed by atoms with E-state index in [0.29, 0.717) is 22.2 Å². The maximum Gasteiger partial charge on any atom is 0.257 e. The molecule has 2 aromatic carbocycles. The Bertz CT molecular complexity index is 1070. The van der Waals surface area contributed by atoms with E-state index < -0.39 is 6.10 Å². The molecule has 2 aromatic heterocycles. The quantitative estimate of drug-likeness (QED) is 0.541. The molecule has 0 aliphatic heterocycles. The average Bonchev–Trinajstić information content (AvgIpc) is 3.23. The Morgan fingerprint density at radius 1 is 0.929 bits per heavy atom. The summed E-state index contributed by atoms with van der Waals surface area (Å²) in [6.07, 6.45) is 0.933. The van der Waals surface area contributed by atoms with Crippen LogP contribution in [0.5, 0.6) is 0 Å². The summed E-state index contributed by atoms with van der Waals surface area (Å²) in [4.78, 5) is 21.0. The zero-order valence-electron chi connectivity index (χ0n) is 14.7. The molecule has 0 radical (unpaired) electrons. The molecule has 6 nitrogen and oxygen atoms in total. The van der Waals surface area contributed by atoms with Crippen LogP contribution < -0.4 is 5.32 Å². The first-order chi connectivity index (χ1) is 13.7. The molecule has 0 spiro atoms. The van der Waals surface area contributed by atoms with Crippen LogP contribution in [0.25, 0.3) is 11.5 Å². The van der Waals surface area contributed by atoms with Crippen LogP contribution in [0.15, 0.2) is 79.0 Å². The van der Waals surface area contributed by atoms with Gasteiger partial charge in [-0.1, -0.05) is 48.5 Å². The minimum atomic E-state index is -0.734. The van der Waals surface area contributed by atoms with Crippen molar-refractivity contribution in [2.45, 2.75) is 6.10 Å². The lowest BCUT2D eigenvalue weighted by Gasteiger charge is -2.11. The Labute approximate surface area is 165 Å². The standard InChI is InChI=1S/C21H16N4O2S/c26-18(14-6-2-1-3-7-14)15-9-11-16(12-10-15)20(27)24-21-23-19(25-28-21)17-8-4-5-13-22-17/h1-13,18,26H,(H,23,24,25,27). The van der Waals surface area contributed by atoms with E-state index in [-0.39, 0.29) is 5.91 Å². The van der Waals surface area contributed by atoms with Crippen LogP contribution in [0.1, 0.15) is 27.6 Å². The van der Waals surface area contributed by atoms with Crippen molar-refractivity contribution in [3.63, 3.8) is 0 Å². The smallest absolute Gasteiger partial charge is 0.257 e. The van der Waals surface area contributed by atoms with Gasteiger partial charge in [-0.2, -0.15) is 9.36 Å². The predicted octanol–water partition coefficient (Wildman–Crippen LogP) is 3.93. The highest BCUT2D eigenvalue weighted by molar-refractivity contribution is 7.10. The third-order valence-corrected chi connectivity index (χ3v) is 4.77. The second-order valence-corrected chi connectivity index (χ2v) is 6.78. The van der Waals surface area contributed by atoms with Gasteiger partial charge in [-0.15, -0.1) is 0 Å². The highest BCUT2D eigenvalue weighted by atomic mass is 32.1. The molecule has 7 heteroatoms. The summed E-state index contributed by atoms with van der Waals surface area (Å²) in [6.45, 7) is 0. The van der Waals surface area contributed by atoms with Gasteiger partial charge in [0.25, 0.3) is 5.91 Å². The number of aliphatic hydroxyl groups excluding tert-OH is 1. The summed E-state index contributed by atoms with van der Waals surface area (Å²) in [5.41, 5.74) is 2.64. The molecule has 138 valence electrons. The minimum absolute atomic E-state index is 0.288. The fraction of sp³-hybridized carbons (Fsp3) is 0.0476. The number of carbonyl (C=O) groups excluding carboxylic acids is 1. The van der Waals surface area contributed by atoms with E-state index in [0.717, 1.165) is 22.7 Å². The monoisotopic (exact) mass is 388 g/mol. The van der Waals surface area contributed by atoms with E-state index in [9.17, 15) is 9.90 Å². The van der Waals surface area contributed by atoms with Crippen molar-refractivity contribution in [2.75, 3.05) is 5.32 Å². The zero-order valence-corrected chi connectivity index (χ0v) is 15.5. The van der Waals surface area contributed by atoms with E-state index >= 15 is 0 Å². The van der Waals surface area contributed by atoms with Gasteiger partial charge in [-0.3, -0.25) is 15.1 Å². The Morgan fingerprint density at radius 2 is 1.64 bits per heavy atom. The second kappa shape index (κ2) is 8.08. The number of nitrogens with zero attached hydrogens (tertiary/aromatic N) is 3. The fourth-order valence-electron chi connectivity index (χ4n) is 2.69. The molecule has 0 bridgehead atoms. The number of benzene rings is 2. The van der Waals surface area contributed by atoms with Gasteiger partial charge in [0.1, 0.15) is 11.8 Å². The van der Waals surface area contributed by atoms with Crippen LogP contribution in [0.2, 0.25) is 0 Å². The first-order valence-corrected chi connectivity index (χ1v) is 9.37. The molecule has 1 amide bonds. The lowest BCUT2D eigenvalue weighted by molar-refractivity contribution is 0.102. The molecule has 0 fully saturated rings. The Kier molecular flexibility index (Phi) is 5.18. The molecule has 0 aliphatic rings. The van der Waals surface area contributed by atoms with Crippen LogP contribution >= 0.6 is 11.5 Å². The van der Waals surface area contributed by atoms with E-state index in [1.54, 1.807) is 30.5 Å². The molecule has 0 aliphatic carbocycles. The highest BCUT2D eigenvalue weighted by Gasteiger charge is 2.14. The van der Waals surface area contributed by atoms with Gasteiger partial charge >= 0.3 is 0 Å². The van der Waals surface area contributed by atoms with Crippen molar-refractivity contribution in [1.82, 2.24) is 14.3 Å². The first-order valence-electron chi connectivity index (χ1n) is 8.60. The summed E-state index contributed by atoms with van der Waals surface area (Å²) in [6, 6.07) is 21.7. The van der Waals surface area contributed by atoms with Gasteiger partial charge in [0.2, 0.25) is 5.13 Å². The van der Waals surface area contributed by atoms with Crippen molar-refractivity contribution >= 4 is 22.6 Å². The van der Waals surface area contributed by atoms with Crippen LogP contribution in [-0.2, 0) is 0 Å². The van der Waals surface area contributed by atoms with E-state index in [2.05, 4.69) is 19.7 Å². The lowest BCUT2D eigenvalue weighted by Crippen LogP contribution is -2.12. The number of carbonyl (C=O) groups is 1. The number of aliphatic hydroxyl groups is 1. The number of aromatic nitrogens is 3. The Morgan fingerprint density at radius 3 is 2.36 bits per heavy atom. The van der Waals surface area contributed by atoms with Gasteiger partial charge < -0.3 is 5.11 Å². The van der Waals surface area contributed by atoms with E-state index in [1.165, 1.54) is 0 Å². The molecule has 1 atom stereocenters. The molecule has 0 saturated heterocycles. The number of amides is 1. The van der Waals surface area contributed by atoms with Gasteiger partial charge in [0, 0.05) is 23.3 Å². The molecule has 1 unspecified atom stereocenters. The lowest BCUT2D eigenvalue weighted by atomic mass is 10.0. The number of anilines is 1. The van der Waals surface area contributed by atoms with Gasteiger partial charge in [0.15, 0.2) is 5.82 Å². The minimum Gasteiger partial charge on any atom is -0.384 e. The Balaban J connectivity index is 1.45. The zero-order chi connectivity index (χ0) is 19.3. The van der Waals surface area contributed by atoms with E-state index in [4.69, 9.17) is 0 Å². The highest BCUT2D eigenvalue weighted by Crippen LogP contribution is 2.23. The molecular formula is C21H16N4O2S. The molecule has 4 aromatic rings. The SMILES string of the molecule is O=C(Nc1nc(-c2ccccn2)ns1)c1ccc(C(O)c2ccccc2)cc1. The van der Waals surface area contributed by atoms with Crippen LogP contribution in [-0.4, -0.2) is 25.4 Å². The summed E-state index contributed by atoms with van der Waals surface area (Å²) in [5, 5.41) is 13.6. The van der Waals surface area contributed by atoms with Crippen LogP contribution in [0.4, 0.5) is 5.13 Å². The fourth-order valence-corrected chi connectivity index (χ4v) is 3.26. The molecule has 2 N–H and O–H groups in total. The summed E-state index contributed by atoms with van der Waals surface area (Å²) in [5.74, 6) is 0.187. The number of pyridine rings is 1. The van der Waals surface area contributed by atoms with Crippen LogP contribution in [0, 0.1) is 0 Å². The normalized spacial score (nSPS) is 11.8. The average molecular weight is 388 g/mol. The van der Waals surface area contributed by atoms with Crippen LogP contribution in [0.3, 0.4) is 0 Å². The maximum atomic E-state index is 12.5. The van der Waals surface area contributed by atoms with Crippen molar-refractivity contribution in [1.29, 1.82) is 0 Å². The predicted molar refractivity (Wildman–Crippen MR) is 108 cm³/mol.